The quantitative estimate of drug-likeness (QED) is 0.752. The molecule has 2 N–H and O–H groups in total. The van der Waals surface area contributed by atoms with Crippen LogP contribution >= 0.6 is 0 Å². The summed E-state index contributed by atoms with van der Waals surface area (Å²) in [6, 6.07) is 11.2. The maximum absolute atomic E-state index is 5.90. The predicted molar refractivity (Wildman–Crippen MR) is 56.7 cm³/mol. The first kappa shape index (κ1) is 8.45. The fourth-order valence-corrected chi connectivity index (χ4v) is 2.63. The second kappa shape index (κ2) is 3.07. The van der Waals surface area contributed by atoms with Gasteiger partial charge in [0.15, 0.2) is 0 Å². The molecule has 2 fully saturated rings. The largest absolute Gasteiger partial charge is 0.327 e. The van der Waals surface area contributed by atoms with Crippen molar-refractivity contribution in [3.63, 3.8) is 0 Å². The third-order valence-electron chi connectivity index (χ3n) is 3.58. The molecule has 2 aliphatic rings. The lowest BCUT2D eigenvalue weighted by Gasteiger charge is -2.18. The van der Waals surface area contributed by atoms with Crippen molar-refractivity contribution in [3.05, 3.63) is 35.9 Å². The van der Waals surface area contributed by atoms with Gasteiger partial charge in [0.25, 0.3) is 0 Å². The molecule has 0 amide bonds. The van der Waals surface area contributed by atoms with Crippen molar-refractivity contribution in [1.82, 2.24) is 4.90 Å². The van der Waals surface area contributed by atoms with Crippen molar-refractivity contribution in [3.8, 4) is 0 Å². The maximum atomic E-state index is 5.90. The number of hydrogen-bond acceptors (Lipinski definition) is 2. The van der Waals surface area contributed by atoms with Crippen molar-refractivity contribution in [2.24, 2.45) is 17.6 Å². The zero-order chi connectivity index (χ0) is 9.54. The minimum atomic E-state index is 0.516. The lowest BCUT2D eigenvalue weighted by molar-refractivity contribution is 0.290. The van der Waals surface area contributed by atoms with Gasteiger partial charge in [0, 0.05) is 25.7 Å². The zero-order valence-corrected chi connectivity index (χ0v) is 8.26. The van der Waals surface area contributed by atoms with E-state index in [9.17, 15) is 0 Å². The summed E-state index contributed by atoms with van der Waals surface area (Å²) in [6.07, 6.45) is 0. The van der Waals surface area contributed by atoms with Gasteiger partial charge < -0.3 is 5.73 Å². The summed E-state index contributed by atoms with van der Waals surface area (Å²) >= 11 is 0. The molecular formula is C12H16N2. The van der Waals surface area contributed by atoms with Crippen molar-refractivity contribution in [2.75, 3.05) is 13.1 Å². The van der Waals surface area contributed by atoms with E-state index in [1.165, 1.54) is 18.7 Å². The number of piperidine rings is 1. The van der Waals surface area contributed by atoms with E-state index in [2.05, 4.69) is 35.2 Å². The Bertz CT molecular complexity index is 310. The fraction of sp³-hybridized carbons (Fsp3) is 0.500. The summed E-state index contributed by atoms with van der Waals surface area (Å²) in [4.78, 5) is 2.52. The smallest absolute Gasteiger partial charge is 0.0233 e. The van der Waals surface area contributed by atoms with Crippen LogP contribution in [0.25, 0.3) is 0 Å². The second-order valence-electron chi connectivity index (χ2n) is 4.58. The molecule has 1 aliphatic carbocycles. The molecule has 3 atom stereocenters. The molecule has 1 aromatic rings. The molecule has 14 heavy (non-hydrogen) atoms. The Morgan fingerprint density at radius 3 is 2.43 bits per heavy atom. The monoisotopic (exact) mass is 188 g/mol. The van der Waals surface area contributed by atoms with E-state index in [0.717, 1.165) is 18.4 Å². The highest BCUT2D eigenvalue weighted by Gasteiger charge is 2.53. The highest BCUT2D eigenvalue weighted by molar-refractivity contribution is 5.16. The van der Waals surface area contributed by atoms with Gasteiger partial charge in [-0.2, -0.15) is 0 Å². The molecule has 1 unspecified atom stereocenters. The van der Waals surface area contributed by atoms with Gasteiger partial charge in [-0.05, 0) is 17.4 Å². The molecule has 1 saturated heterocycles. The lowest BCUT2D eigenvalue weighted by atomic mass is 10.2. The number of benzene rings is 1. The van der Waals surface area contributed by atoms with E-state index in [1.54, 1.807) is 0 Å². The molecule has 2 heteroatoms. The summed E-state index contributed by atoms with van der Waals surface area (Å²) in [6.45, 7) is 3.52. The SMILES string of the molecule is NC1[C@H]2CN(Cc3ccccc3)C[C@@H]12. The molecule has 74 valence electrons. The standard InChI is InChI=1S/C12H16N2/c13-12-10-7-14(8-11(10)12)6-9-4-2-1-3-5-9/h1-5,10-12H,6-8,13H2/t10-,11+,12?. The molecule has 0 radical (unpaired) electrons. The van der Waals surface area contributed by atoms with Crippen LogP contribution in [0.15, 0.2) is 30.3 Å². The Morgan fingerprint density at radius 1 is 1.14 bits per heavy atom. The first-order valence-electron chi connectivity index (χ1n) is 5.36. The zero-order valence-electron chi connectivity index (χ0n) is 8.26. The van der Waals surface area contributed by atoms with E-state index in [1.807, 2.05) is 0 Å². The maximum Gasteiger partial charge on any atom is 0.0233 e. The molecule has 0 bridgehead atoms. The number of hydrogen-bond donors (Lipinski definition) is 1. The number of fused-ring (bicyclic) bond motifs is 1. The average Bonchev–Trinajstić information content (AvgIpc) is 2.65. The van der Waals surface area contributed by atoms with Crippen LogP contribution in [0, 0.1) is 11.8 Å². The van der Waals surface area contributed by atoms with Crippen LogP contribution in [0.2, 0.25) is 0 Å². The third kappa shape index (κ3) is 1.35. The molecule has 2 nitrogen and oxygen atoms in total. The molecule has 0 spiro atoms. The fourth-order valence-electron chi connectivity index (χ4n) is 2.63. The molecular weight excluding hydrogens is 172 g/mol. The van der Waals surface area contributed by atoms with Crippen LogP contribution < -0.4 is 5.73 Å². The summed E-state index contributed by atoms with van der Waals surface area (Å²) in [7, 11) is 0. The Hall–Kier alpha value is -0.860. The van der Waals surface area contributed by atoms with Gasteiger partial charge in [-0.1, -0.05) is 30.3 Å². The Morgan fingerprint density at radius 2 is 1.79 bits per heavy atom. The summed E-state index contributed by atoms with van der Waals surface area (Å²) in [5, 5.41) is 0. The van der Waals surface area contributed by atoms with Crippen LogP contribution in [0.1, 0.15) is 5.56 Å². The van der Waals surface area contributed by atoms with Gasteiger partial charge in [-0.15, -0.1) is 0 Å². The van der Waals surface area contributed by atoms with Gasteiger partial charge in [0.1, 0.15) is 0 Å². The second-order valence-corrected chi connectivity index (χ2v) is 4.58. The van der Waals surface area contributed by atoms with E-state index in [-0.39, 0.29) is 0 Å². The number of rotatable bonds is 2. The van der Waals surface area contributed by atoms with Crippen molar-refractivity contribution >= 4 is 0 Å². The third-order valence-corrected chi connectivity index (χ3v) is 3.58. The number of nitrogens with zero attached hydrogens (tertiary/aromatic N) is 1. The van der Waals surface area contributed by atoms with Gasteiger partial charge >= 0.3 is 0 Å². The van der Waals surface area contributed by atoms with Crippen LogP contribution in [-0.2, 0) is 6.54 Å². The van der Waals surface area contributed by atoms with Crippen molar-refractivity contribution < 1.29 is 0 Å². The van der Waals surface area contributed by atoms with Crippen LogP contribution in [-0.4, -0.2) is 24.0 Å². The highest BCUT2D eigenvalue weighted by atomic mass is 15.2. The predicted octanol–water partition coefficient (Wildman–Crippen LogP) is 1.08. The van der Waals surface area contributed by atoms with Crippen molar-refractivity contribution in [2.45, 2.75) is 12.6 Å². The highest BCUT2D eigenvalue weighted by Crippen LogP contribution is 2.44. The Kier molecular flexibility index (Phi) is 1.85. The Balaban J connectivity index is 1.60. The van der Waals surface area contributed by atoms with E-state index in [4.69, 9.17) is 5.73 Å². The summed E-state index contributed by atoms with van der Waals surface area (Å²) in [5.74, 6) is 1.61. The van der Waals surface area contributed by atoms with Crippen LogP contribution in [0.3, 0.4) is 0 Å². The van der Waals surface area contributed by atoms with E-state index >= 15 is 0 Å². The molecule has 1 saturated carbocycles. The minimum Gasteiger partial charge on any atom is -0.327 e. The van der Waals surface area contributed by atoms with Gasteiger partial charge in [-0.3, -0.25) is 4.90 Å². The lowest BCUT2D eigenvalue weighted by Crippen LogP contribution is -2.27. The normalized spacial score (nSPS) is 35.6. The Labute approximate surface area is 84.7 Å². The number of nitrogens with two attached hydrogens (primary N) is 1. The minimum absolute atomic E-state index is 0.516. The van der Waals surface area contributed by atoms with Crippen molar-refractivity contribution in [1.29, 1.82) is 0 Å². The van der Waals surface area contributed by atoms with Crippen LogP contribution in [0.5, 0.6) is 0 Å². The first-order chi connectivity index (χ1) is 6.84. The van der Waals surface area contributed by atoms with Gasteiger partial charge in [0.2, 0.25) is 0 Å². The van der Waals surface area contributed by atoms with Gasteiger partial charge in [-0.25, -0.2) is 0 Å². The number of likely N-dealkylation sites (tertiary alicyclic amines) is 1. The van der Waals surface area contributed by atoms with Gasteiger partial charge in [0.05, 0.1) is 0 Å². The average molecular weight is 188 g/mol. The van der Waals surface area contributed by atoms with Crippen LogP contribution in [0.4, 0.5) is 0 Å². The molecule has 1 aliphatic heterocycles. The molecule has 1 heterocycles. The molecule has 3 rings (SSSR count). The summed E-state index contributed by atoms with van der Waals surface area (Å²) in [5.41, 5.74) is 7.32. The van der Waals surface area contributed by atoms with E-state index in [0.29, 0.717) is 6.04 Å². The molecule has 0 aromatic heterocycles. The summed E-state index contributed by atoms with van der Waals surface area (Å²) < 4.78 is 0. The topological polar surface area (TPSA) is 29.3 Å². The molecule has 1 aromatic carbocycles. The van der Waals surface area contributed by atoms with E-state index < -0.39 is 0 Å². The first-order valence-corrected chi connectivity index (χ1v) is 5.36.